The zero-order valence-electron chi connectivity index (χ0n) is 8.78. The second-order valence-corrected chi connectivity index (χ2v) is 4.87. The number of carbonyl (C=O) groups is 1. The van der Waals surface area contributed by atoms with Crippen molar-refractivity contribution in [1.82, 2.24) is 4.90 Å². The van der Waals surface area contributed by atoms with Crippen LogP contribution in [0.3, 0.4) is 0 Å². The van der Waals surface area contributed by atoms with Gasteiger partial charge in [0.2, 0.25) is 5.91 Å². The first kappa shape index (κ1) is 11.2. The first-order valence-electron chi connectivity index (χ1n) is 4.56. The molecule has 4 heteroatoms. The maximum Gasteiger partial charge on any atom is 0.239 e. The third-order valence-corrected chi connectivity index (χ3v) is 2.94. The van der Waals surface area contributed by atoms with Crippen molar-refractivity contribution in [2.24, 2.45) is 5.73 Å². The van der Waals surface area contributed by atoms with Crippen molar-refractivity contribution in [3.8, 4) is 0 Å². The fourth-order valence-electron chi connectivity index (χ4n) is 1.23. The smallest absolute Gasteiger partial charge is 0.239 e. The number of nitrogens with zero attached hydrogens (tertiary/aromatic N) is 1. The molecule has 2 N–H and O–H groups in total. The van der Waals surface area contributed by atoms with Gasteiger partial charge in [0.05, 0.1) is 12.6 Å². The molecule has 0 bridgehead atoms. The van der Waals surface area contributed by atoms with Crippen molar-refractivity contribution >= 4 is 17.2 Å². The van der Waals surface area contributed by atoms with Crippen LogP contribution in [0, 0.1) is 6.92 Å². The maximum atomic E-state index is 11.5. The lowest BCUT2D eigenvalue weighted by molar-refractivity contribution is -0.131. The summed E-state index contributed by atoms with van der Waals surface area (Å²) in [7, 11) is 1.78. The monoisotopic (exact) mass is 212 g/mol. The minimum atomic E-state index is -0.416. The van der Waals surface area contributed by atoms with E-state index in [4.69, 9.17) is 5.73 Å². The molecular weight excluding hydrogens is 196 g/mol. The number of nitrogens with two attached hydrogens (primary N) is 1. The van der Waals surface area contributed by atoms with Gasteiger partial charge in [0.15, 0.2) is 0 Å². The molecule has 1 atom stereocenters. The second kappa shape index (κ2) is 4.57. The average Bonchev–Trinajstić information content (AvgIpc) is 2.49. The van der Waals surface area contributed by atoms with Crippen LogP contribution in [0.4, 0.5) is 0 Å². The van der Waals surface area contributed by atoms with Crippen LogP contribution in [0.15, 0.2) is 12.1 Å². The van der Waals surface area contributed by atoms with E-state index in [2.05, 4.69) is 13.0 Å². The molecule has 1 rings (SSSR count). The molecule has 78 valence electrons. The van der Waals surface area contributed by atoms with E-state index >= 15 is 0 Å². The molecule has 1 amide bonds. The van der Waals surface area contributed by atoms with E-state index in [1.54, 1.807) is 30.2 Å². The van der Waals surface area contributed by atoms with E-state index in [1.165, 1.54) is 9.75 Å². The van der Waals surface area contributed by atoms with Gasteiger partial charge in [-0.2, -0.15) is 0 Å². The highest BCUT2D eigenvalue weighted by atomic mass is 32.1. The Kier molecular flexibility index (Phi) is 3.66. The minimum Gasteiger partial charge on any atom is -0.339 e. The van der Waals surface area contributed by atoms with Crippen LogP contribution >= 0.6 is 11.3 Å². The number of hydrogen-bond acceptors (Lipinski definition) is 3. The Balaban J connectivity index is 2.57. The lowest BCUT2D eigenvalue weighted by Crippen LogP contribution is -2.39. The maximum absolute atomic E-state index is 11.5. The molecule has 3 nitrogen and oxygen atoms in total. The molecule has 0 fully saturated rings. The highest BCUT2D eigenvalue weighted by Crippen LogP contribution is 2.16. The lowest BCUT2D eigenvalue weighted by Gasteiger charge is -2.18. The quantitative estimate of drug-likeness (QED) is 0.822. The van der Waals surface area contributed by atoms with Crippen molar-refractivity contribution in [1.29, 1.82) is 0 Å². The van der Waals surface area contributed by atoms with Crippen molar-refractivity contribution in [3.05, 3.63) is 21.9 Å². The van der Waals surface area contributed by atoms with Gasteiger partial charge >= 0.3 is 0 Å². The highest BCUT2D eigenvalue weighted by molar-refractivity contribution is 7.11. The summed E-state index contributed by atoms with van der Waals surface area (Å²) < 4.78 is 0. The van der Waals surface area contributed by atoms with Gasteiger partial charge in [-0.05, 0) is 26.0 Å². The van der Waals surface area contributed by atoms with Crippen molar-refractivity contribution in [2.45, 2.75) is 26.4 Å². The molecule has 14 heavy (non-hydrogen) atoms. The van der Waals surface area contributed by atoms with Crippen molar-refractivity contribution < 1.29 is 4.79 Å². The molecule has 0 aliphatic carbocycles. The summed E-state index contributed by atoms with van der Waals surface area (Å²) in [5.74, 6) is -0.0175. The van der Waals surface area contributed by atoms with E-state index in [-0.39, 0.29) is 5.91 Å². The fraction of sp³-hybridized carbons (Fsp3) is 0.500. The Hall–Kier alpha value is -0.870. The SMILES string of the molecule is Cc1ccc(CN(C)C(=O)[C@@H](C)N)s1. The number of aryl methyl sites for hydroxylation is 1. The first-order valence-corrected chi connectivity index (χ1v) is 5.38. The lowest BCUT2D eigenvalue weighted by atomic mass is 10.3. The van der Waals surface area contributed by atoms with Crippen LogP contribution in [0.2, 0.25) is 0 Å². The van der Waals surface area contributed by atoms with Gasteiger partial charge in [-0.1, -0.05) is 0 Å². The van der Waals surface area contributed by atoms with E-state index in [1.807, 2.05) is 6.07 Å². The summed E-state index contributed by atoms with van der Waals surface area (Å²) >= 11 is 1.71. The molecule has 0 aliphatic heterocycles. The Labute approximate surface area is 88.5 Å². The Morgan fingerprint density at radius 2 is 2.29 bits per heavy atom. The molecule has 0 aliphatic rings. The van der Waals surface area contributed by atoms with Crippen LogP contribution in [0.25, 0.3) is 0 Å². The van der Waals surface area contributed by atoms with Gasteiger partial charge in [0.25, 0.3) is 0 Å². The Morgan fingerprint density at radius 1 is 1.64 bits per heavy atom. The highest BCUT2D eigenvalue weighted by Gasteiger charge is 2.13. The largest absolute Gasteiger partial charge is 0.339 e. The minimum absolute atomic E-state index is 0.0175. The summed E-state index contributed by atoms with van der Waals surface area (Å²) in [5, 5.41) is 0. The van der Waals surface area contributed by atoms with Crippen LogP contribution in [-0.2, 0) is 11.3 Å². The van der Waals surface area contributed by atoms with E-state index in [9.17, 15) is 4.79 Å². The predicted molar refractivity (Wildman–Crippen MR) is 59.2 cm³/mol. The van der Waals surface area contributed by atoms with Gasteiger partial charge in [0, 0.05) is 16.8 Å². The van der Waals surface area contributed by atoms with Crippen LogP contribution in [0.5, 0.6) is 0 Å². The molecule has 0 aromatic carbocycles. The van der Waals surface area contributed by atoms with Gasteiger partial charge in [-0.25, -0.2) is 0 Å². The van der Waals surface area contributed by atoms with Crippen LogP contribution in [0.1, 0.15) is 16.7 Å². The van der Waals surface area contributed by atoms with E-state index in [0.717, 1.165) is 0 Å². The second-order valence-electron chi connectivity index (χ2n) is 3.50. The van der Waals surface area contributed by atoms with E-state index < -0.39 is 6.04 Å². The van der Waals surface area contributed by atoms with Gasteiger partial charge in [-0.3, -0.25) is 4.79 Å². The van der Waals surface area contributed by atoms with Gasteiger partial charge < -0.3 is 10.6 Å². The number of amides is 1. The number of likely N-dealkylation sites (N-methyl/N-ethyl adjacent to an activating group) is 1. The zero-order valence-corrected chi connectivity index (χ0v) is 9.60. The van der Waals surface area contributed by atoms with Crippen molar-refractivity contribution in [2.75, 3.05) is 7.05 Å². The first-order chi connectivity index (χ1) is 6.50. The van der Waals surface area contributed by atoms with Crippen LogP contribution < -0.4 is 5.73 Å². The number of hydrogen-bond donors (Lipinski definition) is 1. The molecule has 0 unspecified atom stereocenters. The third kappa shape index (κ3) is 2.82. The van der Waals surface area contributed by atoms with Gasteiger partial charge in [0.1, 0.15) is 0 Å². The van der Waals surface area contributed by atoms with Crippen molar-refractivity contribution in [3.63, 3.8) is 0 Å². The molecule has 0 spiro atoms. The molecule has 0 radical (unpaired) electrons. The molecule has 1 heterocycles. The van der Waals surface area contributed by atoms with Crippen LogP contribution in [-0.4, -0.2) is 23.9 Å². The normalized spacial score (nSPS) is 12.6. The topological polar surface area (TPSA) is 46.3 Å². The molecule has 1 aromatic rings. The van der Waals surface area contributed by atoms with E-state index in [0.29, 0.717) is 6.54 Å². The number of carbonyl (C=O) groups excluding carboxylic acids is 1. The standard InChI is InChI=1S/C10H16N2OS/c1-7-4-5-9(14-7)6-12(3)10(13)8(2)11/h4-5,8H,6,11H2,1-3H3/t8-/m1/s1. The Bertz CT molecular complexity index is 320. The summed E-state index contributed by atoms with van der Waals surface area (Å²) in [5.41, 5.74) is 5.51. The summed E-state index contributed by atoms with van der Waals surface area (Å²) in [6.07, 6.45) is 0. The third-order valence-electron chi connectivity index (χ3n) is 1.95. The molecule has 0 saturated carbocycles. The molecular formula is C10H16N2OS. The Morgan fingerprint density at radius 3 is 2.71 bits per heavy atom. The summed E-state index contributed by atoms with van der Waals surface area (Å²) in [6, 6.07) is 3.69. The predicted octanol–water partition coefficient (Wildman–Crippen LogP) is 1.36. The fourth-order valence-corrected chi connectivity index (χ4v) is 2.17. The number of thiophene rings is 1. The summed E-state index contributed by atoms with van der Waals surface area (Å²) in [4.78, 5) is 15.6. The molecule has 1 aromatic heterocycles. The number of rotatable bonds is 3. The summed E-state index contributed by atoms with van der Waals surface area (Å²) in [6.45, 7) is 4.42. The van der Waals surface area contributed by atoms with Gasteiger partial charge in [-0.15, -0.1) is 11.3 Å². The zero-order chi connectivity index (χ0) is 10.7. The average molecular weight is 212 g/mol. The molecule has 0 saturated heterocycles.